The van der Waals surface area contributed by atoms with Crippen molar-refractivity contribution in [3.63, 3.8) is 0 Å². The molecule has 1 saturated heterocycles. The van der Waals surface area contributed by atoms with Crippen molar-refractivity contribution in [2.75, 3.05) is 13.1 Å². The molecule has 0 radical (unpaired) electrons. The lowest BCUT2D eigenvalue weighted by molar-refractivity contribution is 0.0518. The zero-order valence-corrected chi connectivity index (χ0v) is 14.0. The second kappa shape index (κ2) is 6.10. The van der Waals surface area contributed by atoms with Crippen molar-refractivity contribution in [2.45, 2.75) is 37.0 Å². The number of amides is 1. The van der Waals surface area contributed by atoms with Crippen molar-refractivity contribution >= 4 is 34.5 Å². The molecular weight excluding hydrogens is 334 g/mol. The number of rotatable bonds is 1. The van der Waals surface area contributed by atoms with Crippen LogP contribution in [0.25, 0.3) is 0 Å². The highest BCUT2D eigenvalue weighted by Gasteiger charge is 2.33. The summed E-state index contributed by atoms with van der Waals surface area (Å²) < 4.78 is 0.963. The van der Waals surface area contributed by atoms with Crippen LogP contribution in [-0.4, -0.2) is 23.9 Å². The maximum Gasteiger partial charge on any atom is 0.254 e. The molecule has 2 aliphatic rings. The molecule has 2 fully saturated rings. The molecule has 1 heterocycles. The molecule has 2 atom stereocenters. The third-order valence-electron chi connectivity index (χ3n) is 4.77. The molecule has 108 valence electrons. The Bertz CT molecular complexity index is 519. The fraction of sp³-hybridized carbons (Fsp3) is 0.562. The fourth-order valence-electron chi connectivity index (χ4n) is 3.64. The molecule has 1 aliphatic heterocycles. The molecule has 1 amide bonds. The predicted molar refractivity (Wildman–Crippen MR) is 87.4 cm³/mol. The van der Waals surface area contributed by atoms with Gasteiger partial charge in [-0.2, -0.15) is 0 Å². The van der Waals surface area contributed by atoms with Crippen LogP contribution in [0.3, 0.4) is 0 Å². The molecular formula is C16H20BrNOS. The van der Waals surface area contributed by atoms with Crippen LogP contribution in [0.5, 0.6) is 0 Å². The first-order valence-electron chi connectivity index (χ1n) is 7.43. The van der Waals surface area contributed by atoms with E-state index in [1.807, 2.05) is 23.1 Å². The summed E-state index contributed by atoms with van der Waals surface area (Å²) in [5, 5.41) is 0. The lowest BCUT2D eigenvalue weighted by Crippen LogP contribution is -2.44. The Morgan fingerprint density at radius 1 is 1.20 bits per heavy atom. The lowest BCUT2D eigenvalue weighted by atomic mass is 9.75. The monoisotopic (exact) mass is 353 g/mol. The van der Waals surface area contributed by atoms with E-state index in [9.17, 15) is 4.79 Å². The Morgan fingerprint density at radius 2 is 1.95 bits per heavy atom. The van der Waals surface area contributed by atoms with E-state index in [0.29, 0.717) is 0 Å². The molecule has 3 rings (SSSR count). The Morgan fingerprint density at radius 3 is 2.70 bits per heavy atom. The van der Waals surface area contributed by atoms with Crippen molar-refractivity contribution in [1.82, 2.24) is 4.90 Å². The van der Waals surface area contributed by atoms with Gasteiger partial charge in [-0.3, -0.25) is 4.79 Å². The van der Waals surface area contributed by atoms with Crippen LogP contribution in [0.4, 0.5) is 0 Å². The van der Waals surface area contributed by atoms with Gasteiger partial charge < -0.3 is 4.90 Å². The topological polar surface area (TPSA) is 20.3 Å². The number of benzene rings is 1. The number of nitrogens with zero attached hydrogens (tertiary/aromatic N) is 1. The molecule has 0 aromatic heterocycles. The number of piperidine rings is 1. The number of carbonyl (C=O) groups excluding carboxylic acids is 1. The van der Waals surface area contributed by atoms with Gasteiger partial charge in [0, 0.05) is 22.5 Å². The highest BCUT2D eigenvalue weighted by molar-refractivity contribution is 9.10. The van der Waals surface area contributed by atoms with Crippen LogP contribution >= 0.6 is 28.6 Å². The van der Waals surface area contributed by atoms with Gasteiger partial charge in [0.1, 0.15) is 0 Å². The second-order valence-corrected chi connectivity index (χ2v) is 7.40. The molecule has 2 unspecified atom stereocenters. The van der Waals surface area contributed by atoms with E-state index in [-0.39, 0.29) is 5.91 Å². The molecule has 1 saturated carbocycles. The van der Waals surface area contributed by atoms with E-state index in [2.05, 4.69) is 28.6 Å². The van der Waals surface area contributed by atoms with Gasteiger partial charge in [0.2, 0.25) is 0 Å². The quantitative estimate of drug-likeness (QED) is 0.742. The standard InChI is InChI=1S/C16H20BrNOS/c17-13-5-6-14(15(20)9-13)16(19)18-8-7-11-3-1-2-4-12(11)10-18/h5-6,9,11-12,20H,1-4,7-8,10H2. The first-order chi connectivity index (χ1) is 9.65. The van der Waals surface area contributed by atoms with Crippen LogP contribution in [0.2, 0.25) is 0 Å². The van der Waals surface area contributed by atoms with Crippen LogP contribution in [-0.2, 0) is 0 Å². The zero-order chi connectivity index (χ0) is 14.1. The van der Waals surface area contributed by atoms with Gasteiger partial charge in [-0.25, -0.2) is 0 Å². The molecule has 4 heteroatoms. The molecule has 20 heavy (non-hydrogen) atoms. The van der Waals surface area contributed by atoms with Gasteiger partial charge >= 0.3 is 0 Å². The summed E-state index contributed by atoms with van der Waals surface area (Å²) in [7, 11) is 0. The smallest absolute Gasteiger partial charge is 0.254 e. The summed E-state index contributed by atoms with van der Waals surface area (Å²) in [5.41, 5.74) is 0.728. The molecule has 0 spiro atoms. The number of hydrogen-bond donors (Lipinski definition) is 1. The maximum atomic E-state index is 12.7. The van der Waals surface area contributed by atoms with Crippen molar-refractivity contribution in [2.24, 2.45) is 11.8 Å². The Balaban J connectivity index is 1.74. The Labute approximate surface area is 134 Å². The average molecular weight is 354 g/mol. The van der Waals surface area contributed by atoms with Gasteiger partial charge in [0.15, 0.2) is 0 Å². The largest absolute Gasteiger partial charge is 0.338 e. The molecule has 1 aromatic rings. The summed E-state index contributed by atoms with van der Waals surface area (Å²) in [6, 6.07) is 5.69. The maximum absolute atomic E-state index is 12.7. The first kappa shape index (κ1) is 14.5. The summed E-state index contributed by atoms with van der Waals surface area (Å²) in [5.74, 6) is 1.72. The summed E-state index contributed by atoms with van der Waals surface area (Å²) >= 11 is 7.85. The Kier molecular flexibility index (Phi) is 4.41. The van der Waals surface area contributed by atoms with Crippen LogP contribution in [0.1, 0.15) is 42.5 Å². The normalized spacial score (nSPS) is 26.2. The van der Waals surface area contributed by atoms with E-state index in [1.54, 1.807) is 0 Å². The minimum atomic E-state index is 0.145. The fourth-order valence-corrected chi connectivity index (χ4v) is 4.49. The number of halogens is 1. The van der Waals surface area contributed by atoms with Gasteiger partial charge in [-0.05, 0) is 42.9 Å². The van der Waals surface area contributed by atoms with Crippen molar-refractivity contribution in [1.29, 1.82) is 0 Å². The van der Waals surface area contributed by atoms with Gasteiger partial charge in [0.05, 0.1) is 5.56 Å². The van der Waals surface area contributed by atoms with E-state index in [1.165, 1.54) is 32.1 Å². The predicted octanol–water partition coefficient (Wildman–Crippen LogP) is 4.39. The zero-order valence-electron chi connectivity index (χ0n) is 11.5. The lowest BCUT2D eigenvalue weighted by Gasteiger charge is -2.41. The van der Waals surface area contributed by atoms with Gasteiger partial charge in [-0.1, -0.05) is 35.2 Å². The summed E-state index contributed by atoms with van der Waals surface area (Å²) in [4.78, 5) is 15.5. The summed E-state index contributed by atoms with van der Waals surface area (Å²) in [6.45, 7) is 1.84. The number of hydrogen-bond acceptors (Lipinski definition) is 2. The van der Waals surface area contributed by atoms with Gasteiger partial charge in [0.25, 0.3) is 5.91 Å². The third kappa shape index (κ3) is 2.91. The van der Waals surface area contributed by atoms with Gasteiger partial charge in [-0.15, -0.1) is 12.6 Å². The van der Waals surface area contributed by atoms with Crippen LogP contribution in [0, 0.1) is 11.8 Å². The SMILES string of the molecule is O=C(c1ccc(Br)cc1S)N1CCC2CCCCC2C1. The minimum Gasteiger partial charge on any atom is -0.338 e. The molecule has 1 aromatic carbocycles. The number of likely N-dealkylation sites (tertiary alicyclic amines) is 1. The second-order valence-electron chi connectivity index (χ2n) is 6.01. The molecule has 1 aliphatic carbocycles. The molecule has 2 nitrogen and oxygen atoms in total. The average Bonchev–Trinajstić information content (AvgIpc) is 2.46. The third-order valence-corrected chi connectivity index (χ3v) is 5.63. The van der Waals surface area contributed by atoms with Crippen molar-refractivity contribution in [3.05, 3.63) is 28.2 Å². The van der Waals surface area contributed by atoms with E-state index in [0.717, 1.165) is 39.9 Å². The van der Waals surface area contributed by atoms with E-state index < -0.39 is 0 Å². The van der Waals surface area contributed by atoms with Crippen LogP contribution in [0.15, 0.2) is 27.6 Å². The van der Waals surface area contributed by atoms with E-state index in [4.69, 9.17) is 0 Å². The van der Waals surface area contributed by atoms with Crippen LogP contribution < -0.4 is 0 Å². The van der Waals surface area contributed by atoms with Crippen molar-refractivity contribution in [3.8, 4) is 0 Å². The number of thiol groups is 1. The number of carbonyl (C=O) groups is 1. The molecule has 0 bridgehead atoms. The minimum absolute atomic E-state index is 0.145. The number of fused-ring (bicyclic) bond motifs is 1. The summed E-state index contributed by atoms with van der Waals surface area (Å²) in [6.07, 6.45) is 6.54. The Hall–Kier alpha value is -0.480. The highest BCUT2D eigenvalue weighted by atomic mass is 79.9. The molecule has 0 N–H and O–H groups in total. The first-order valence-corrected chi connectivity index (χ1v) is 8.67. The van der Waals surface area contributed by atoms with E-state index >= 15 is 0 Å². The highest BCUT2D eigenvalue weighted by Crippen LogP contribution is 2.36. The van der Waals surface area contributed by atoms with Crippen molar-refractivity contribution < 1.29 is 4.79 Å².